The Labute approximate surface area is 224 Å². The second kappa shape index (κ2) is 14.6. The van der Waals surface area contributed by atoms with Crippen LogP contribution in [-0.2, 0) is 0 Å². The molecule has 7 nitrogen and oxygen atoms in total. The maximum atomic E-state index is 13.0. The van der Waals surface area contributed by atoms with Crippen LogP contribution in [0.15, 0.2) is 48.7 Å². The zero-order valence-electron chi connectivity index (χ0n) is 21.7. The molecule has 0 aromatic heterocycles. The molecule has 2 aromatic carbocycles. The van der Waals surface area contributed by atoms with E-state index in [1.54, 1.807) is 42.6 Å². The van der Waals surface area contributed by atoms with Gasteiger partial charge < -0.3 is 19.5 Å². The molecule has 1 fully saturated rings. The van der Waals surface area contributed by atoms with Gasteiger partial charge in [-0.2, -0.15) is 0 Å². The monoisotopic (exact) mass is 528 g/mol. The molecule has 0 radical (unpaired) electrons. The maximum Gasteiger partial charge on any atom is 0.200 e. The van der Waals surface area contributed by atoms with Gasteiger partial charge in [-0.3, -0.25) is 14.5 Å². The third-order valence-electron chi connectivity index (χ3n) is 6.21. The molecule has 2 aromatic rings. The van der Waals surface area contributed by atoms with Crippen LogP contribution in [0.1, 0.15) is 60.2 Å². The Morgan fingerprint density at radius 2 is 1.49 bits per heavy atom. The van der Waals surface area contributed by atoms with Gasteiger partial charge >= 0.3 is 0 Å². The maximum absolute atomic E-state index is 13.0. The van der Waals surface area contributed by atoms with E-state index in [1.165, 1.54) is 6.08 Å². The Kier molecular flexibility index (Phi) is 11.3. The summed E-state index contributed by atoms with van der Waals surface area (Å²) in [6.45, 7) is 8.26. The molecule has 0 bridgehead atoms. The lowest BCUT2D eigenvalue weighted by molar-refractivity contribution is 0.0888. The molecular formula is C29H37ClN2O5. The van der Waals surface area contributed by atoms with E-state index < -0.39 is 0 Å². The predicted octanol–water partition coefficient (Wildman–Crippen LogP) is 5.60. The van der Waals surface area contributed by atoms with Gasteiger partial charge in [-0.15, -0.1) is 0 Å². The molecular weight excluding hydrogens is 492 g/mol. The molecule has 1 saturated heterocycles. The summed E-state index contributed by atoms with van der Waals surface area (Å²) in [5, 5.41) is 11.2. The lowest BCUT2D eigenvalue weighted by Gasteiger charge is -2.33. The van der Waals surface area contributed by atoms with E-state index in [4.69, 9.17) is 21.1 Å². The number of benzene rings is 2. The zero-order chi connectivity index (χ0) is 26.6. The van der Waals surface area contributed by atoms with Crippen LogP contribution in [0.4, 0.5) is 0 Å². The summed E-state index contributed by atoms with van der Waals surface area (Å²) in [6.07, 6.45) is 6.95. The number of halogens is 1. The molecule has 0 spiro atoms. The summed E-state index contributed by atoms with van der Waals surface area (Å²) < 4.78 is 11.5. The normalized spacial score (nSPS) is 14.2. The van der Waals surface area contributed by atoms with Crippen molar-refractivity contribution in [3.63, 3.8) is 0 Å². The molecule has 0 unspecified atom stereocenters. The van der Waals surface area contributed by atoms with E-state index in [2.05, 4.69) is 23.6 Å². The number of phenolic OH excluding ortho intramolecular Hbond substituents is 1. The number of hydrogen-bond donors (Lipinski definition) is 1. The number of carbonyl (C=O) groups excluding carboxylic acids is 2. The van der Waals surface area contributed by atoms with Gasteiger partial charge in [0.15, 0.2) is 23.1 Å². The third kappa shape index (κ3) is 8.79. The van der Waals surface area contributed by atoms with E-state index in [-0.39, 0.29) is 28.8 Å². The summed E-state index contributed by atoms with van der Waals surface area (Å²) >= 11 is 5.91. The topological polar surface area (TPSA) is 79.3 Å². The quantitative estimate of drug-likeness (QED) is 0.194. The highest BCUT2D eigenvalue weighted by molar-refractivity contribution is 6.30. The van der Waals surface area contributed by atoms with E-state index in [1.807, 2.05) is 0 Å². The van der Waals surface area contributed by atoms with Crippen LogP contribution in [0.5, 0.6) is 17.2 Å². The molecule has 8 heteroatoms. The minimum Gasteiger partial charge on any atom is -0.502 e. The number of allylic oxidation sites excluding steroid dienone is 1. The fourth-order valence-electron chi connectivity index (χ4n) is 3.87. The fourth-order valence-corrected chi connectivity index (χ4v) is 3.99. The first-order valence-corrected chi connectivity index (χ1v) is 13.4. The highest BCUT2D eigenvalue weighted by Gasteiger charge is 2.19. The smallest absolute Gasteiger partial charge is 0.200 e. The van der Waals surface area contributed by atoms with Gasteiger partial charge in [0, 0.05) is 54.6 Å². The Morgan fingerprint density at radius 1 is 0.919 bits per heavy atom. The molecule has 1 aliphatic heterocycles. The minimum atomic E-state index is -0.193. The largest absolute Gasteiger partial charge is 0.502 e. The van der Waals surface area contributed by atoms with Gasteiger partial charge in [0.05, 0.1) is 19.8 Å². The van der Waals surface area contributed by atoms with Crippen LogP contribution in [0.25, 0.3) is 0 Å². The standard InChI is InChI=1S/C29H37ClN2O5/c1-3-5-17-36-27-19-23(20-28(29(27)35)37-18-6-4-2)25(33)11-12-31-13-15-32(16-14-31)21-26(34)22-7-9-24(30)10-8-22/h7-12,19-20,35H,3-6,13-18,21H2,1-2H3. The number of phenols is 1. The second-order valence-electron chi connectivity index (χ2n) is 9.15. The number of ketones is 2. The van der Waals surface area contributed by atoms with Crippen molar-refractivity contribution in [2.75, 3.05) is 45.9 Å². The Morgan fingerprint density at radius 3 is 2.03 bits per heavy atom. The number of aromatic hydroxyl groups is 1. The predicted molar refractivity (Wildman–Crippen MR) is 146 cm³/mol. The summed E-state index contributed by atoms with van der Waals surface area (Å²) in [5.74, 6) is 0.325. The third-order valence-corrected chi connectivity index (χ3v) is 6.46. The number of rotatable bonds is 14. The molecule has 0 amide bonds. The van der Waals surface area contributed by atoms with E-state index in [0.29, 0.717) is 49.0 Å². The first kappa shape index (κ1) is 28.5. The zero-order valence-corrected chi connectivity index (χ0v) is 22.5. The van der Waals surface area contributed by atoms with Crippen molar-refractivity contribution in [1.29, 1.82) is 0 Å². The molecule has 1 heterocycles. The lowest BCUT2D eigenvalue weighted by Crippen LogP contribution is -2.45. The van der Waals surface area contributed by atoms with Crippen molar-refractivity contribution in [3.05, 3.63) is 64.8 Å². The molecule has 3 rings (SSSR count). The van der Waals surface area contributed by atoms with Crippen LogP contribution < -0.4 is 9.47 Å². The van der Waals surface area contributed by atoms with Crippen molar-refractivity contribution < 1.29 is 24.2 Å². The van der Waals surface area contributed by atoms with Crippen molar-refractivity contribution in [2.24, 2.45) is 0 Å². The summed E-state index contributed by atoms with van der Waals surface area (Å²) in [5.41, 5.74) is 1.06. The summed E-state index contributed by atoms with van der Waals surface area (Å²) in [4.78, 5) is 29.7. The van der Waals surface area contributed by atoms with Gasteiger partial charge in [0.2, 0.25) is 5.75 Å². The number of nitrogens with zero attached hydrogens (tertiary/aromatic N) is 2. The number of unbranched alkanes of at least 4 members (excludes halogenated alkanes) is 2. The Bertz CT molecular complexity index is 1030. The van der Waals surface area contributed by atoms with Crippen molar-refractivity contribution >= 4 is 23.2 Å². The van der Waals surface area contributed by atoms with Gasteiger partial charge in [0.25, 0.3) is 0 Å². The van der Waals surface area contributed by atoms with Gasteiger partial charge in [0.1, 0.15) is 0 Å². The van der Waals surface area contributed by atoms with Gasteiger partial charge in [-0.25, -0.2) is 0 Å². The molecule has 1 aliphatic rings. The summed E-state index contributed by atoms with van der Waals surface area (Å²) in [7, 11) is 0. The Hall–Kier alpha value is -3.03. The van der Waals surface area contributed by atoms with Crippen LogP contribution in [-0.4, -0.2) is 72.4 Å². The molecule has 37 heavy (non-hydrogen) atoms. The first-order chi connectivity index (χ1) is 17.9. The average molecular weight is 529 g/mol. The van der Waals surface area contributed by atoms with E-state index in [0.717, 1.165) is 38.8 Å². The number of piperazine rings is 1. The van der Waals surface area contributed by atoms with Crippen LogP contribution in [0.2, 0.25) is 5.02 Å². The lowest BCUT2D eigenvalue weighted by atomic mass is 10.1. The number of ether oxygens (including phenoxy) is 2. The molecule has 200 valence electrons. The van der Waals surface area contributed by atoms with Gasteiger partial charge in [-0.1, -0.05) is 38.3 Å². The first-order valence-electron chi connectivity index (χ1n) is 13.0. The van der Waals surface area contributed by atoms with E-state index >= 15 is 0 Å². The fraction of sp³-hybridized carbons (Fsp3) is 0.448. The van der Waals surface area contributed by atoms with Crippen molar-refractivity contribution in [1.82, 2.24) is 9.80 Å². The molecule has 0 atom stereocenters. The van der Waals surface area contributed by atoms with Crippen LogP contribution in [0.3, 0.4) is 0 Å². The highest BCUT2D eigenvalue weighted by atomic mass is 35.5. The highest BCUT2D eigenvalue weighted by Crippen LogP contribution is 2.38. The van der Waals surface area contributed by atoms with E-state index in [9.17, 15) is 14.7 Å². The minimum absolute atomic E-state index is 0.0667. The molecule has 1 N–H and O–H groups in total. The van der Waals surface area contributed by atoms with Crippen molar-refractivity contribution in [2.45, 2.75) is 39.5 Å². The van der Waals surface area contributed by atoms with Crippen LogP contribution in [0, 0.1) is 0 Å². The van der Waals surface area contributed by atoms with Crippen LogP contribution >= 0.6 is 11.6 Å². The van der Waals surface area contributed by atoms with Crippen molar-refractivity contribution in [3.8, 4) is 17.2 Å². The second-order valence-corrected chi connectivity index (χ2v) is 9.58. The average Bonchev–Trinajstić information content (AvgIpc) is 2.90. The number of carbonyl (C=O) groups is 2. The SMILES string of the molecule is CCCCOc1cc(C(=O)C=CN2CCN(CC(=O)c3ccc(Cl)cc3)CC2)cc(OCCCC)c1O. The van der Waals surface area contributed by atoms with Gasteiger partial charge in [-0.05, 0) is 49.2 Å². The number of hydrogen-bond acceptors (Lipinski definition) is 7. The molecule has 0 saturated carbocycles. The Balaban J connectivity index is 1.58. The number of Topliss-reactive ketones (excluding diaryl/α,β-unsaturated/α-hetero) is 1. The molecule has 0 aliphatic carbocycles. The summed E-state index contributed by atoms with van der Waals surface area (Å²) in [6, 6.07) is 10.1.